The maximum absolute atomic E-state index is 10.1. The highest BCUT2D eigenvalue weighted by Gasteiger charge is 2.20. The largest absolute Gasteiger partial charge is 0.480 e. The van der Waals surface area contributed by atoms with Crippen LogP contribution >= 0.6 is 0 Å². The molecule has 0 aliphatic rings. The summed E-state index contributed by atoms with van der Waals surface area (Å²) in [6.45, 7) is 0. The fraction of sp³-hybridized carbons (Fsp3) is 0.800. The van der Waals surface area contributed by atoms with E-state index in [1.807, 2.05) is 0 Å². The Kier molecular flexibility index (Phi) is 3.98. The summed E-state index contributed by atoms with van der Waals surface area (Å²) in [6, 6.07) is -1.19. The van der Waals surface area contributed by atoms with Crippen molar-refractivity contribution in [3.63, 3.8) is 0 Å². The predicted molar refractivity (Wildman–Crippen MR) is 36.4 cm³/mol. The highest BCUT2D eigenvalue weighted by molar-refractivity contribution is 5.73. The quantitative estimate of drug-likeness (QED) is 0.290. The number of aliphatic hydroxyl groups is 2. The van der Waals surface area contributed by atoms with E-state index in [0.29, 0.717) is 0 Å². The smallest absolute Gasteiger partial charge is 0.320 e. The summed E-state index contributed by atoms with van der Waals surface area (Å²) >= 11 is 0. The minimum Gasteiger partial charge on any atom is -0.480 e. The van der Waals surface area contributed by atoms with Crippen molar-refractivity contribution in [2.75, 3.05) is 0 Å². The second kappa shape index (κ2) is 4.24. The number of rotatable bonds is 4. The lowest BCUT2D eigenvalue weighted by Gasteiger charge is -2.15. The minimum atomic E-state index is -1.44. The standard InChI is InChI=1S/C5H12N2O4/c6-2(5(10)11)1-3(8)4(7)9/h2-4,8-9H,1,6-7H2,(H,10,11)/t2-,3+,4+/m0/s1. The Morgan fingerprint density at radius 1 is 1.36 bits per heavy atom. The molecule has 0 aromatic heterocycles. The van der Waals surface area contributed by atoms with Crippen molar-refractivity contribution in [3.05, 3.63) is 0 Å². The molecule has 6 heteroatoms. The number of hydrogen-bond acceptors (Lipinski definition) is 5. The molecule has 0 saturated carbocycles. The van der Waals surface area contributed by atoms with Crippen molar-refractivity contribution in [1.82, 2.24) is 0 Å². The minimum absolute atomic E-state index is 0.257. The fourth-order valence-electron chi connectivity index (χ4n) is 0.500. The molecular weight excluding hydrogens is 152 g/mol. The molecule has 0 rings (SSSR count). The summed E-state index contributed by atoms with van der Waals surface area (Å²) in [5, 5.41) is 25.6. The summed E-state index contributed by atoms with van der Waals surface area (Å²) in [4.78, 5) is 10.1. The Hall–Kier alpha value is -0.690. The van der Waals surface area contributed by atoms with Gasteiger partial charge in [-0.1, -0.05) is 0 Å². The van der Waals surface area contributed by atoms with E-state index in [9.17, 15) is 4.79 Å². The topological polar surface area (TPSA) is 130 Å². The van der Waals surface area contributed by atoms with Gasteiger partial charge in [0.05, 0.1) is 6.10 Å². The molecule has 0 aliphatic carbocycles. The van der Waals surface area contributed by atoms with Crippen LogP contribution in [0.25, 0.3) is 0 Å². The van der Waals surface area contributed by atoms with Crippen LogP contribution in [0.15, 0.2) is 0 Å². The van der Waals surface area contributed by atoms with Crippen LogP contribution in [0.3, 0.4) is 0 Å². The molecule has 0 radical (unpaired) electrons. The number of carbonyl (C=O) groups is 1. The van der Waals surface area contributed by atoms with Crippen LogP contribution in [0.4, 0.5) is 0 Å². The number of carboxylic acid groups (broad SMARTS) is 1. The van der Waals surface area contributed by atoms with Gasteiger partial charge in [0.1, 0.15) is 12.3 Å². The molecule has 66 valence electrons. The van der Waals surface area contributed by atoms with E-state index in [4.69, 9.17) is 26.8 Å². The summed E-state index contributed by atoms with van der Waals surface area (Å²) in [5.74, 6) is -1.23. The van der Waals surface area contributed by atoms with E-state index in [2.05, 4.69) is 0 Å². The van der Waals surface area contributed by atoms with Gasteiger partial charge in [-0.3, -0.25) is 4.79 Å². The van der Waals surface area contributed by atoms with Crippen molar-refractivity contribution >= 4 is 5.97 Å². The zero-order chi connectivity index (χ0) is 9.02. The summed E-state index contributed by atoms with van der Waals surface area (Å²) in [6.07, 6.45) is -2.99. The zero-order valence-electron chi connectivity index (χ0n) is 5.84. The van der Waals surface area contributed by atoms with Crippen LogP contribution in [0, 0.1) is 0 Å². The summed E-state index contributed by atoms with van der Waals surface area (Å²) < 4.78 is 0. The van der Waals surface area contributed by atoms with Gasteiger partial charge in [0.15, 0.2) is 0 Å². The van der Waals surface area contributed by atoms with Crippen molar-refractivity contribution in [3.8, 4) is 0 Å². The first-order valence-corrected chi connectivity index (χ1v) is 3.05. The number of aliphatic hydroxyl groups excluding tert-OH is 2. The molecule has 0 amide bonds. The Morgan fingerprint density at radius 2 is 1.82 bits per heavy atom. The molecule has 0 saturated heterocycles. The van der Waals surface area contributed by atoms with Crippen LogP contribution in [0.2, 0.25) is 0 Å². The van der Waals surface area contributed by atoms with E-state index in [1.54, 1.807) is 0 Å². The fourth-order valence-corrected chi connectivity index (χ4v) is 0.500. The molecule has 0 fully saturated rings. The third-order valence-electron chi connectivity index (χ3n) is 1.21. The van der Waals surface area contributed by atoms with Gasteiger partial charge >= 0.3 is 5.97 Å². The zero-order valence-corrected chi connectivity index (χ0v) is 5.84. The van der Waals surface area contributed by atoms with Gasteiger partial charge in [0.25, 0.3) is 0 Å². The van der Waals surface area contributed by atoms with Crippen LogP contribution in [-0.2, 0) is 4.79 Å². The number of aliphatic carboxylic acids is 1. The Labute approximate surface area is 63.4 Å². The molecular formula is C5H12N2O4. The van der Waals surface area contributed by atoms with Gasteiger partial charge in [-0.05, 0) is 0 Å². The molecule has 0 aliphatic heterocycles. The van der Waals surface area contributed by atoms with Crippen LogP contribution in [0.5, 0.6) is 0 Å². The lowest BCUT2D eigenvalue weighted by molar-refractivity contribution is -0.139. The Balaban J connectivity index is 3.75. The second-order valence-corrected chi connectivity index (χ2v) is 2.24. The first-order valence-electron chi connectivity index (χ1n) is 3.05. The molecule has 0 heterocycles. The third kappa shape index (κ3) is 3.89. The van der Waals surface area contributed by atoms with Gasteiger partial charge in [-0.15, -0.1) is 0 Å². The maximum Gasteiger partial charge on any atom is 0.320 e. The summed E-state index contributed by atoms with van der Waals surface area (Å²) in [5.41, 5.74) is 9.87. The molecule has 0 aromatic carbocycles. The lowest BCUT2D eigenvalue weighted by Crippen LogP contribution is -2.41. The van der Waals surface area contributed by atoms with Gasteiger partial charge in [-0.25, -0.2) is 0 Å². The number of hydrogen-bond donors (Lipinski definition) is 5. The van der Waals surface area contributed by atoms with Crippen LogP contribution in [-0.4, -0.2) is 39.7 Å². The molecule has 6 nitrogen and oxygen atoms in total. The van der Waals surface area contributed by atoms with Gasteiger partial charge in [0, 0.05) is 6.42 Å². The highest BCUT2D eigenvalue weighted by atomic mass is 16.4. The lowest BCUT2D eigenvalue weighted by atomic mass is 10.1. The summed E-state index contributed by atoms with van der Waals surface area (Å²) in [7, 11) is 0. The van der Waals surface area contributed by atoms with Gasteiger partial charge < -0.3 is 26.8 Å². The second-order valence-electron chi connectivity index (χ2n) is 2.24. The Bertz CT molecular complexity index is 138. The SMILES string of the molecule is N[C@H](O)[C@H](O)C[C@H](N)C(=O)O. The average molecular weight is 164 g/mol. The molecule has 0 spiro atoms. The average Bonchev–Trinajstić information content (AvgIpc) is 1.87. The van der Waals surface area contributed by atoms with Crippen molar-refractivity contribution in [2.24, 2.45) is 11.5 Å². The van der Waals surface area contributed by atoms with E-state index >= 15 is 0 Å². The van der Waals surface area contributed by atoms with E-state index in [-0.39, 0.29) is 6.42 Å². The molecule has 0 unspecified atom stereocenters. The maximum atomic E-state index is 10.1. The van der Waals surface area contributed by atoms with E-state index < -0.39 is 24.3 Å². The molecule has 0 bridgehead atoms. The van der Waals surface area contributed by atoms with Crippen molar-refractivity contribution in [1.29, 1.82) is 0 Å². The molecule has 7 N–H and O–H groups in total. The van der Waals surface area contributed by atoms with Gasteiger partial charge in [0.2, 0.25) is 0 Å². The predicted octanol–water partition coefficient (Wildman–Crippen LogP) is -2.57. The number of nitrogens with two attached hydrogens (primary N) is 2. The monoisotopic (exact) mass is 164 g/mol. The normalized spacial score (nSPS) is 18.9. The van der Waals surface area contributed by atoms with Gasteiger partial charge in [-0.2, -0.15) is 0 Å². The van der Waals surface area contributed by atoms with Crippen molar-refractivity contribution in [2.45, 2.75) is 24.8 Å². The third-order valence-corrected chi connectivity index (χ3v) is 1.21. The molecule has 0 aromatic rings. The molecule has 11 heavy (non-hydrogen) atoms. The highest BCUT2D eigenvalue weighted by Crippen LogP contribution is 1.97. The van der Waals surface area contributed by atoms with Crippen LogP contribution in [0.1, 0.15) is 6.42 Å². The first kappa shape index (κ1) is 10.3. The Morgan fingerprint density at radius 3 is 2.09 bits per heavy atom. The van der Waals surface area contributed by atoms with E-state index in [1.165, 1.54) is 0 Å². The van der Waals surface area contributed by atoms with E-state index in [0.717, 1.165) is 0 Å². The number of carboxylic acids is 1. The van der Waals surface area contributed by atoms with Crippen molar-refractivity contribution < 1.29 is 20.1 Å². The first-order chi connectivity index (χ1) is 4.95. The van der Waals surface area contributed by atoms with Crippen LogP contribution < -0.4 is 11.5 Å². The molecule has 3 atom stereocenters.